The molecule has 0 spiro atoms. The lowest BCUT2D eigenvalue weighted by Gasteiger charge is -2.11. The minimum Gasteiger partial charge on any atom is -0.393 e. The molecule has 1 nitrogen and oxygen atoms in total. The van der Waals surface area contributed by atoms with Crippen LogP contribution in [0.1, 0.15) is 70.6 Å². The molecule has 1 aliphatic carbocycles. The second-order valence-corrected chi connectivity index (χ2v) is 5.04. The van der Waals surface area contributed by atoms with Crippen LogP contribution in [0.15, 0.2) is 0 Å². The van der Waals surface area contributed by atoms with E-state index in [9.17, 15) is 5.11 Å². The van der Waals surface area contributed by atoms with Crippen molar-refractivity contribution < 1.29 is 5.11 Å². The van der Waals surface area contributed by atoms with Gasteiger partial charge in [-0.2, -0.15) is 0 Å². The van der Waals surface area contributed by atoms with E-state index in [1.165, 1.54) is 44.9 Å². The zero-order valence-electron chi connectivity index (χ0n) is 9.96. The Hall–Kier alpha value is 0.0249. The zero-order valence-corrected chi connectivity index (χ0v) is 9.96. The number of aliphatic hydroxyl groups is 1. The summed E-state index contributed by atoms with van der Waals surface area (Å²) in [7, 11) is 6.03. The fraction of sp³-hybridized carbons (Fsp3) is 1.00. The summed E-state index contributed by atoms with van der Waals surface area (Å²) in [6, 6.07) is 0. The first kappa shape index (κ1) is 13.1. The molecule has 15 heavy (non-hydrogen) atoms. The Labute approximate surface area is 96.1 Å². The van der Waals surface area contributed by atoms with Gasteiger partial charge in [-0.1, -0.05) is 63.6 Å². The summed E-state index contributed by atoms with van der Waals surface area (Å²) in [4.78, 5) is 0. The van der Waals surface area contributed by atoms with Gasteiger partial charge in [0.1, 0.15) is 0 Å². The molecule has 2 heteroatoms. The highest BCUT2D eigenvalue weighted by Crippen LogP contribution is 2.22. The van der Waals surface area contributed by atoms with Crippen LogP contribution >= 0.6 is 0 Å². The average molecular weight is 208 g/mol. The molecule has 2 atom stereocenters. The van der Waals surface area contributed by atoms with Crippen LogP contribution in [0.4, 0.5) is 0 Å². The third-order valence-electron chi connectivity index (χ3n) is 3.47. The molecule has 1 saturated carbocycles. The number of aliphatic hydroxyl groups excluding tert-OH is 1. The Morgan fingerprint density at radius 1 is 0.667 bits per heavy atom. The van der Waals surface area contributed by atoms with Crippen molar-refractivity contribution >= 4 is 7.85 Å². The van der Waals surface area contributed by atoms with Crippen molar-refractivity contribution in [3.63, 3.8) is 0 Å². The summed E-state index contributed by atoms with van der Waals surface area (Å²) in [5.41, 5.74) is 0. The molecule has 0 bridgehead atoms. The van der Waals surface area contributed by atoms with Gasteiger partial charge in [0.2, 0.25) is 0 Å². The van der Waals surface area contributed by atoms with Crippen LogP contribution < -0.4 is 0 Å². The van der Waals surface area contributed by atoms with Gasteiger partial charge in [-0.05, 0) is 12.8 Å². The lowest BCUT2D eigenvalue weighted by atomic mass is 9.79. The van der Waals surface area contributed by atoms with Gasteiger partial charge < -0.3 is 5.11 Å². The molecule has 0 heterocycles. The van der Waals surface area contributed by atoms with Crippen molar-refractivity contribution in [2.75, 3.05) is 0 Å². The molecule has 1 fully saturated rings. The fourth-order valence-corrected chi connectivity index (χ4v) is 2.39. The quantitative estimate of drug-likeness (QED) is 0.603. The number of rotatable bonds is 0. The second kappa shape index (κ2) is 8.21. The van der Waals surface area contributed by atoms with Crippen LogP contribution in [0.3, 0.4) is 0 Å². The van der Waals surface area contributed by atoms with Crippen LogP contribution in [0.5, 0.6) is 0 Å². The van der Waals surface area contributed by atoms with Crippen molar-refractivity contribution in [3.8, 4) is 0 Å². The Bertz CT molecular complexity index is 133. The maximum atomic E-state index is 9.70. The topological polar surface area (TPSA) is 20.2 Å². The molecule has 0 aromatic rings. The highest BCUT2D eigenvalue weighted by atomic mass is 16.3. The maximum Gasteiger partial charge on any atom is 0.0699 e. The summed E-state index contributed by atoms with van der Waals surface area (Å²) >= 11 is 0. The van der Waals surface area contributed by atoms with Crippen LogP contribution in [-0.4, -0.2) is 19.1 Å². The summed E-state index contributed by atoms with van der Waals surface area (Å²) in [6.45, 7) is 0. The molecule has 0 saturated heterocycles. The molecule has 0 aromatic heterocycles. The maximum absolute atomic E-state index is 9.70. The van der Waals surface area contributed by atoms with E-state index < -0.39 is 0 Å². The first-order valence-electron chi connectivity index (χ1n) is 6.72. The minimum atomic E-state index is -0.0537. The summed E-state index contributed by atoms with van der Waals surface area (Å²) in [5, 5.41) is 9.70. The lowest BCUT2D eigenvalue weighted by Crippen LogP contribution is -2.06. The van der Waals surface area contributed by atoms with E-state index in [2.05, 4.69) is 0 Å². The smallest absolute Gasteiger partial charge is 0.0699 e. The highest BCUT2D eigenvalue weighted by molar-refractivity contribution is 6.11. The molecule has 0 aliphatic heterocycles. The standard InChI is InChI=1S/C13H25BO/c14-12-8-4-2-1-3-5-10-13(15)11-7-6-9-12/h12-13,15H,1-11H2/t12?,13-/m0/s1. The molecule has 1 unspecified atom stereocenters. The Morgan fingerprint density at radius 3 is 1.73 bits per heavy atom. The van der Waals surface area contributed by atoms with E-state index in [0.717, 1.165) is 25.7 Å². The molecule has 1 N–H and O–H groups in total. The fourth-order valence-electron chi connectivity index (χ4n) is 2.39. The van der Waals surface area contributed by atoms with Crippen LogP contribution in [0.2, 0.25) is 5.82 Å². The third-order valence-corrected chi connectivity index (χ3v) is 3.47. The van der Waals surface area contributed by atoms with Gasteiger partial charge in [0, 0.05) is 0 Å². The van der Waals surface area contributed by atoms with Gasteiger partial charge in [-0.3, -0.25) is 0 Å². The summed E-state index contributed by atoms with van der Waals surface area (Å²) in [5.74, 6) is 0.405. The van der Waals surface area contributed by atoms with Gasteiger partial charge in [-0.25, -0.2) is 0 Å². The number of hydrogen-bond acceptors (Lipinski definition) is 1. The molecule has 0 amide bonds. The zero-order chi connectivity index (χ0) is 10.9. The van der Waals surface area contributed by atoms with Crippen LogP contribution in [0.25, 0.3) is 0 Å². The Morgan fingerprint density at radius 2 is 1.07 bits per heavy atom. The van der Waals surface area contributed by atoms with Crippen molar-refractivity contribution in [3.05, 3.63) is 0 Å². The molecule has 86 valence electrons. The van der Waals surface area contributed by atoms with Crippen molar-refractivity contribution in [1.82, 2.24) is 0 Å². The van der Waals surface area contributed by atoms with E-state index in [1.54, 1.807) is 0 Å². The van der Waals surface area contributed by atoms with Crippen LogP contribution in [0, 0.1) is 0 Å². The second-order valence-electron chi connectivity index (χ2n) is 5.04. The van der Waals surface area contributed by atoms with Gasteiger partial charge in [0.15, 0.2) is 0 Å². The van der Waals surface area contributed by atoms with Gasteiger partial charge >= 0.3 is 0 Å². The minimum absolute atomic E-state index is 0.0537. The monoisotopic (exact) mass is 208 g/mol. The van der Waals surface area contributed by atoms with Crippen molar-refractivity contribution in [1.29, 1.82) is 0 Å². The summed E-state index contributed by atoms with van der Waals surface area (Å²) < 4.78 is 0. The van der Waals surface area contributed by atoms with Gasteiger partial charge in [-0.15, -0.1) is 0 Å². The van der Waals surface area contributed by atoms with Gasteiger partial charge in [0.25, 0.3) is 0 Å². The van der Waals surface area contributed by atoms with Crippen molar-refractivity contribution in [2.45, 2.75) is 82.6 Å². The largest absolute Gasteiger partial charge is 0.393 e. The number of hydrogen-bond donors (Lipinski definition) is 1. The first-order valence-corrected chi connectivity index (χ1v) is 6.72. The van der Waals surface area contributed by atoms with E-state index >= 15 is 0 Å². The van der Waals surface area contributed by atoms with Crippen LogP contribution in [-0.2, 0) is 0 Å². The predicted octanol–water partition coefficient (Wildman–Crippen LogP) is 3.61. The normalized spacial score (nSPS) is 32.3. The molecule has 1 aliphatic rings. The molecular formula is C13H25BO. The van der Waals surface area contributed by atoms with Gasteiger partial charge in [0.05, 0.1) is 14.0 Å². The van der Waals surface area contributed by atoms with E-state index in [1.807, 2.05) is 0 Å². The van der Waals surface area contributed by atoms with E-state index in [4.69, 9.17) is 7.85 Å². The third kappa shape index (κ3) is 7.00. The summed E-state index contributed by atoms with van der Waals surface area (Å²) in [6.07, 6.45) is 13.0. The SMILES string of the molecule is [B]C1CCCCCCC[C@H](O)CCCC1. The van der Waals surface area contributed by atoms with E-state index in [0.29, 0.717) is 5.82 Å². The molecule has 0 aromatic carbocycles. The molecular weight excluding hydrogens is 183 g/mol. The Balaban J connectivity index is 2.21. The van der Waals surface area contributed by atoms with E-state index in [-0.39, 0.29) is 6.10 Å². The lowest BCUT2D eigenvalue weighted by molar-refractivity contribution is 0.147. The highest BCUT2D eigenvalue weighted by Gasteiger charge is 2.07. The Kier molecular flexibility index (Phi) is 7.16. The predicted molar refractivity (Wildman–Crippen MR) is 66.3 cm³/mol. The molecule has 1 rings (SSSR count). The average Bonchev–Trinajstić information content (AvgIpc) is 2.23. The first-order chi connectivity index (χ1) is 7.29. The van der Waals surface area contributed by atoms with Crippen molar-refractivity contribution in [2.24, 2.45) is 0 Å². The molecule has 2 radical (unpaired) electrons.